The van der Waals surface area contributed by atoms with Gasteiger partial charge < -0.3 is 10.6 Å². The maximum Gasteiger partial charge on any atom is 0.323 e. The highest BCUT2D eigenvalue weighted by atomic mass is 32.1. The number of benzene rings is 2. The molecule has 172 valence electrons. The summed E-state index contributed by atoms with van der Waals surface area (Å²) in [5, 5.41) is 15.8. The number of hydrogen-bond acceptors (Lipinski definition) is 6. The Bertz CT molecular complexity index is 1390. The molecule has 0 unspecified atom stereocenters. The molecule has 0 saturated heterocycles. The number of carbonyl (C=O) groups excluding carboxylic acids is 2. The van der Waals surface area contributed by atoms with Gasteiger partial charge in [0.1, 0.15) is 0 Å². The molecule has 4 rings (SSSR count). The zero-order chi connectivity index (χ0) is 24.1. The predicted molar refractivity (Wildman–Crippen MR) is 137 cm³/mol. The molecule has 11 heteroatoms. The second-order valence-electron chi connectivity index (χ2n) is 7.16. The van der Waals surface area contributed by atoms with Crippen LogP contribution >= 0.6 is 23.6 Å². The van der Waals surface area contributed by atoms with Gasteiger partial charge in [0.15, 0.2) is 15.7 Å². The Morgan fingerprint density at radius 3 is 2.44 bits per heavy atom. The van der Waals surface area contributed by atoms with Crippen LogP contribution < -0.4 is 16.0 Å². The monoisotopic (exact) mass is 491 g/mol. The van der Waals surface area contributed by atoms with Crippen molar-refractivity contribution in [1.82, 2.24) is 19.7 Å². The van der Waals surface area contributed by atoms with Crippen LogP contribution in [0.25, 0.3) is 10.7 Å². The van der Waals surface area contributed by atoms with Gasteiger partial charge in [-0.1, -0.05) is 35.6 Å². The maximum atomic E-state index is 12.7. The first-order valence-corrected chi connectivity index (χ1v) is 11.5. The van der Waals surface area contributed by atoms with Crippen molar-refractivity contribution in [3.8, 4) is 10.7 Å². The molecule has 4 aromatic rings. The van der Waals surface area contributed by atoms with E-state index < -0.39 is 0 Å². The standard InChI is InChI=1S/C23H21N7O2S2/c1-3-13-30-19(28-29-23(30)33)18-14(2)24-22(34-18)27-20(31)15-9-11-17(12-10-15)26-21(32)25-16-7-5-4-6-8-16/h3-12H,1,13H2,2H3,(H,29,33)(H,24,27,31)(H2,25,26,32). The molecule has 4 N–H and O–H groups in total. The van der Waals surface area contributed by atoms with Crippen LogP contribution in [0.3, 0.4) is 0 Å². The van der Waals surface area contributed by atoms with Gasteiger partial charge in [-0.15, -0.1) is 6.58 Å². The number of nitrogens with zero attached hydrogens (tertiary/aromatic N) is 3. The average Bonchev–Trinajstić information content (AvgIpc) is 3.36. The summed E-state index contributed by atoms with van der Waals surface area (Å²) in [5.41, 5.74) is 2.40. The summed E-state index contributed by atoms with van der Waals surface area (Å²) in [7, 11) is 0. The number of para-hydroxylation sites is 1. The molecular formula is C23H21N7O2S2. The van der Waals surface area contributed by atoms with E-state index in [2.05, 4.69) is 37.7 Å². The summed E-state index contributed by atoms with van der Waals surface area (Å²) in [6.07, 6.45) is 1.73. The van der Waals surface area contributed by atoms with Gasteiger partial charge in [0, 0.05) is 23.5 Å². The molecule has 3 amide bonds. The number of anilines is 3. The highest BCUT2D eigenvalue weighted by Gasteiger charge is 2.17. The number of carbonyl (C=O) groups is 2. The van der Waals surface area contributed by atoms with E-state index in [1.807, 2.05) is 29.7 Å². The molecule has 34 heavy (non-hydrogen) atoms. The summed E-state index contributed by atoms with van der Waals surface area (Å²) in [6, 6.07) is 15.3. The van der Waals surface area contributed by atoms with Crippen molar-refractivity contribution in [3.63, 3.8) is 0 Å². The quantitative estimate of drug-likeness (QED) is 0.202. The highest BCUT2D eigenvalue weighted by molar-refractivity contribution is 7.71. The van der Waals surface area contributed by atoms with E-state index >= 15 is 0 Å². The van der Waals surface area contributed by atoms with Crippen LogP contribution in [0.15, 0.2) is 67.3 Å². The van der Waals surface area contributed by atoms with Crippen LogP contribution in [0, 0.1) is 11.7 Å². The molecule has 9 nitrogen and oxygen atoms in total. The average molecular weight is 492 g/mol. The van der Waals surface area contributed by atoms with Crippen molar-refractivity contribution in [1.29, 1.82) is 0 Å². The lowest BCUT2D eigenvalue weighted by atomic mass is 10.2. The number of nitrogens with one attached hydrogen (secondary N) is 4. The van der Waals surface area contributed by atoms with Crippen LogP contribution in [-0.2, 0) is 6.54 Å². The molecule has 2 heterocycles. The van der Waals surface area contributed by atoms with E-state index in [0.717, 1.165) is 10.6 Å². The fourth-order valence-corrected chi connectivity index (χ4v) is 4.30. The second kappa shape index (κ2) is 10.2. The Balaban J connectivity index is 1.41. The Labute approximate surface area is 204 Å². The first kappa shape index (κ1) is 23.1. The third-order valence-electron chi connectivity index (χ3n) is 4.73. The number of H-pyrrole nitrogens is 1. The molecule has 0 fully saturated rings. The summed E-state index contributed by atoms with van der Waals surface area (Å²) in [6.45, 7) is 6.10. The number of aromatic nitrogens is 4. The van der Waals surface area contributed by atoms with Crippen molar-refractivity contribution in [3.05, 3.63) is 83.3 Å². The van der Waals surface area contributed by atoms with Crippen LogP contribution in [0.5, 0.6) is 0 Å². The number of aromatic amines is 1. The molecule has 2 aromatic carbocycles. The van der Waals surface area contributed by atoms with Gasteiger partial charge in [-0.2, -0.15) is 5.10 Å². The molecule has 0 saturated carbocycles. The zero-order valence-electron chi connectivity index (χ0n) is 18.2. The number of amides is 3. The first-order valence-electron chi connectivity index (χ1n) is 10.2. The molecule has 0 bridgehead atoms. The third-order valence-corrected chi connectivity index (χ3v) is 6.11. The van der Waals surface area contributed by atoms with E-state index in [1.165, 1.54) is 11.3 Å². The van der Waals surface area contributed by atoms with Crippen molar-refractivity contribution < 1.29 is 9.59 Å². The summed E-state index contributed by atoms with van der Waals surface area (Å²) >= 11 is 6.58. The lowest BCUT2D eigenvalue weighted by molar-refractivity contribution is 0.102. The molecular weight excluding hydrogens is 470 g/mol. The number of aryl methyl sites for hydroxylation is 1. The second-order valence-corrected chi connectivity index (χ2v) is 8.55. The summed E-state index contributed by atoms with van der Waals surface area (Å²) in [5.74, 6) is 0.329. The summed E-state index contributed by atoms with van der Waals surface area (Å²) < 4.78 is 2.30. The van der Waals surface area contributed by atoms with Crippen molar-refractivity contribution >= 4 is 52.0 Å². The Morgan fingerprint density at radius 1 is 1.09 bits per heavy atom. The number of hydrogen-bond donors (Lipinski definition) is 4. The van der Waals surface area contributed by atoms with Gasteiger partial charge in [-0.05, 0) is 55.5 Å². The van der Waals surface area contributed by atoms with E-state index in [-0.39, 0.29) is 11.9 Å². The highest BCUT2D eigenvalue weighted by Crippen LogP contribution is 2.32. The van der Waals surface area contributed by atoms with Crippen LogP contribution in [-0.4, -0.2) is 31.7 Å². The van der Waals surface area contributed by atoms with E-state index in [0.29, 0.717) is 39.2 Å². The van der Waals surface area contributed by atoms with Crippen LogP contribution in [0.1, 0.15) is 16.1 Å². The van der Waals surface area contributed by atoms with Crippen LogP contribution in [0.4, 0.5) is 21.3 Å². The van der Waals surface area contributed by atoms with E-state index in [1.54, 1.807) is 42.5 Å². The molecule has 2 aromatic heterocycles. The molecule has 0 radical (unpaired) electrons. The van der Waals surface area contributed by atoms with Crippen LogP contribution in [0.2, 0.25) is 0 Å². The van der Waals surface area contributed by atoms with E-state index in [4.69, 9.17) is 12.2 Å². The normalized spacial score (nSPS) is 10.5. The molecule has 0 aliphatic heterocycles. The van der Waals surface area contributed by atoms with Crippen molar-refractivity contribution in [2.45, 2.75) is 13.5 Å². The lowest BCUT2D eigenvalue weighted by Crippen LogP contribution is -2.19. The minimum Gasteiger partial charge on any atom is -0.308 e. The van der Waals surface area contributed by atoms with Gasteiger partial charge >= 0.3 is 6.03 Å². The Hall–Kier alpha value is -4.09. The topological polar surface area (TPSA) is 117 Å². The largest absolute Gasteiger partial charge is 0.323 e. The minimum atomic E-state index is -0.372. The smallest absolute Gasteiger partial charge is 0.308 e. The predicted octanol–water partition coefficient (Wildman–Crippen LogP) is 5.45. The third kappa shape index (κ3) is 5.27. The van der Waals surface area contributed by atoms with Gasteiger partial charge in [-0.25, -0.2) is 9.78 Å². The van der Waals surface area contributed by atoms with Crippen molar-refractivity contribution in [2.75, 3.05) is 16.0 Å². The molecule has 0 spiro atoms. The van der Waals surface area contributed by atoms with Gasteiger partial charge in [0.25, 0.3) is 5.91 Å². The van der Waals surface area contributed by atoms with Gasteiger partial charge in [0.2, 0.25) is 0 Å². The number of allylic oxidation sites excluding steroid dienone is 1. The fraction of sp³-hybridized carbons (Fsp3) is 0.0870. The molecule has 0 atom stereocenters. The molecule has 0 aliphatic rings. The number of urea groups is 1. The maximum absolute atomic E-state index is 12.7. The summed E-state index contributed by atoms with van der Waals surface area (Å²) in [4.78, 5) is 30.1. The number of rotatable bonds is 7. The Kier molecular flexibility index (Phi) is 6.95. The fourth-order valence-electron chi connectivity index (χ4n) is 3.14. The van der Waals surface area contributed by atoms with Gasteiger partial charge in [0.05, 0.1) is 10.6 Å². The zero-order valence-corrected chi connectivity index (χ0v) is 19.8. The van der Waals surface area contributed by atoms with Gasteiger partial charge in [-0.3, -0.25) is 19.8 Å². The molecule has 0 aliphatic carbocycles. The van der Waals surface area contributed by atoms with Crippen molar-refractivity contribution in [2.24, 2.45) is 0 Å². The SMILES string of the molecule is C=CCn1c(-c2sc(NC(=O)c3ccc(NC(=O)Nc4ccccc4)cc3)nc2C)n[nH]c1=S. The Morgan fingerprint density at radius 2 is 1.76 bits per heavy atom. The van der Waals surface area contributed by atoms with E-state index in [9.17, 15) is 9.59 Å². The first-order chi connectivity index (χ1) is 16.4. The minimum absolute atomic E-state index is 0.314. The number of thiazole rings is 1. The lowest BCUT2D eigenvalue weighted by Gasteiger charge is -2.08.